The Morgan fingerprint density at radius 2 is 2.00 bits per heavy atom. The van der Waals surface area contributed by atoms with Gasteiger partial charge in [-0.15, -0.1) is 0 Å². The van der Waals surface area contributed by atoms with Crippen molar-refractivity contribution in [1.82, 2.24) is 4.98 Å². The van der Waals surface area contributed by atoms with Crippen molar-refractivity contribution < 1.29 is 0 Å². The van der Waals surface area contributed by atoms with Gasteiger partial charge in [-0.25, -0.2) is 0 Å². The van der Waals surface area contributed by atoms with Crippen molar-refractivity contribution in [3.05, 3.63) is 65.5 Å². The number of aromatic nitrogens is 1. The lowest BCUT2D eigenvalue weighted by Gasteiger charge is -2.11. The number of rotatable bonds is 3. The van der Waals surface area contributed by atoms with Crippen molar-refractivity contribution in [3.8, 4) is 0 Å². The third-order valence-electron chi connectivity index (χ3n) is 3.81. The number of hydrogen-bond acceptors (Lipinski definition) is 2. The Morgan fingerprint density at radius 1 is 1.22 bits per heavy atom. The summed E-state index contributed by atoms with van der Waals surface area (Å²) in [5.74, 6) is 1.16. The highest BCUT2D eigenvalue weighted by molar-refractivity contribution is 5.29. The van der Waals surface area contributed by atoms with E-state index >= 15 is 0 Å². The lowest BCUT2D eigenvalue weighted by Crippen LogP contribution is -2.15. The molecule has 0 spiro atoms. The van der Waals surface area contributed by atoms with Crippen LogP contribution in [0.1, 0.15) is 35.2 Å². The fraction of sp³-hybridized carbons (Fsp3) is 0.312. The van der Waals surface area contributed by atoms with E-state index in [1.54, 1.807) is 0 Å². The summed E-state index contributed by atoms with van der Waals surface area (Å²) in [6, 6.07) is 14.8. The molecule has 0 saturated heterocycles. The molecule has 3 rings (SSSR count). The van der Waals surface area contributed by atoms with E-state index in [1.165, 1.54) is 17.5 Å². The predicted molar refractivity (Wildman–Crippen MR) is 73.2 cm³/mol. The molecule has 2 heteroatoms. The summed E-state index contributed by atoms with van der Waals surface area (Å²) in [5.41, 5.74) is 10.00. The molecule has 3 atom stereocenters. The Kier molecular flexibility index (Phi) is 2.88. The van der Waals surface area contributed by atoms with Gasteiger partial charge in [-0.2, -0.15) is 0 Å². The van der Waals surface area contributed by atoms with Gasteiger partial charge in [-0.3, -0.25) is 4.98 Å². The highest BCUT2D eigenvalue weighted by atomic mass is 14.8. The molecule has 0 amide bonds. The molecular formula is C16H18N2. The van der Waals surface area contributed by atoms with Crippen molar-refractivity contribution in [2.45, 2.75) is 25.3 Å². The SMILES string of the molecule is Cc1ccnc(C(N)C2CC2c2ccccc2)c1. The maximum Gasteiger partial charge on any atom is 0.0576 e. The molecule has 0 aliphatic heterocycles. The van der Waals surface area contributed by atoms with E-state index in [4.69, 9.17) is 5.73 Å². The average molecular weight is 238 g/mol. The molecule has 1 heterocycles. The van der Waals surface area contributed by atoms with E-state index in [0.717, 1.165) is 5.69 Å². The number of nitrogens with two attached hydrogens (primary N) is 1. The van der Waals surface area contributed by atoms with E-state index in [1.807, 2.05) is 12.3 Å². The minimum atomic E-state index is 0.0649. The lowest BCUT2D eigenvalue weighted by atomic mass is 10.0. The quantitative estimate of drug-likeness (QED) is 0.891. The zero-order valence-electron chi connectivity index (χ0n) is 10.6. The number of nitrogens with zero attached hydrogens (tertiary/aromatic N) is 1. The van der Waals surface area contributed by atoms with Crippen LogP contribution < -0.4 is 5.73 Å². The zero-order chi connectivity index (χ0) is 12.5. The van der Waals surface area contributed by atoms with Gasteiger partial charge >= 0.3 is 0 Å². The summed E-state index contributed by atoms with van der Waals surface area (Å²) in [4.78, 5) is 4.40. The first-order valence-electron chi connectivity index (χ1n) is 6.49. The van der Waals surface area contributed by atoms with Crippen LogP contribution in [0.25, 0.3) is 0 Å². The van der Waals surface area contributed by atoms with Crippen molar-refractivity contribution in [3.63, 3.8) is 0 Å². The first-order valence-corrected chi connectivity index (χ1v) is 6.49. The molecule has 1 aliphatic carbocycles. The fourth-order valence-corrected chi connectivity index (χ4v) is 2.66. The molecule has 18 heavy (non-hydrogen) atoms. The van der Waals surface area contributed by atoms with Crippen LogP contribution in [-0.4, -0.2) is 4.98 Å². The van der Waals surface area contributed by atoms with Crippen molar-refractivity contribution >= 4 is 0 Å². The largest absolute Gasteiger partial charge is 0.322 e. The van der Waals surface area contributed by atoms with Crippen LogP contribution in [0.3, 0.4) is 0 Å². The molecule has 1 aliphatic rings. The molecule has 1 aromatic carbocycles. The van der Waals surface area contributed by atoms with Crippen LogP contribution in [0.15, 0.2) is 48.7 Å². The van der Waals surface area contributed by atoms with Gasteiger partial charge in [0.15, 0.2) is 0 Å². The van der Waals surface area contributed by atoms with E-state index < -0.39 is 0 Å². The maximum absolute atomic E-state index is 6.33. The van der Waals surface area contributed by atoms with Crippen LogP contribution in [0, 0.1) is 12.8 Å². The maximum atomic E-state index is 6.33. The molecule has 92 valence electrons. The van der Waals surface area contributed by atoms with E-state index in [2.05, 4.69) is 48.3 Å². The van der Waals surface area contributed by atoms with Crippen LogP contribution in [0.2, 0.25) is 0 Å². The van der Waals surface area contributed by atoms with Gasteiger partial charge < -0.3 is 5.73 Å². The number of pyridine rings is 1. The summed E-state index contributed by atoms with van der Waals surface area (Å²) < 4.78 is 0. The third-order valence-corrected chi connectivity index (χ3v) is 3.81. The number of hydrogen-bond donors (Lipinski definition) is 1. The molecule has 1 aromatic heterocycles. The summed E-state index contributed by atoms with van der Waals surface area (Å²) in [5, 5.41) is 0. The normalized spacial score (nSPS) is 23.7. The second-order valence-corrected chi connectivity index (χ2v) is 5.20. The first-order chi connectivity index (χ1) is 8.75. The molecular weight excluding hydrogens is 220 g/mol. The molecule has 1 fully saturated rings. The molecule has 2 N–H and O–H groups in total. The van der Waals surface area contributed by atoms with Gasteiger partial charge in [0.1, 0.15) is 0 Å². The van der Waals surface area contributed by atoms with Crippen LogP contribution in [-0.2, 0) is 0 Å². The number of benzene rings is 1. The Morgan fingerprint density at radius 3 is 2.72 bits per heavy atom. The van der Waals surface area contributed by atoms with Gasteiger partial charge in [0.25, 0.3) is 0 Å². The van der Waals surface area contributed by atoms with Crippen LogP contribution >= 0.6 is 0 Å². The third kappa shape index (κ3) is 2.16. The smallest absolute Gasteiger partial charge is 0.0576 e. The second kappa shape index (κ2) is 4.54. The van der Waals surface area contributed by atoms with E-state index in [0.29, 0.717) is 11.8 Å². The van der Waals surface area contributed by atoms with Crippen LogP contribution in [0.4, 0.5) is 0 Å². The van der Waals surface area contributed by atoms with E-state index in [-0.39, 0.29) is 6.04 Å². The Bertz CT molecular complexity index is 536. The highest BCUT2D eigenvalue weighted by Gasteiger charge is 2.43. The average Bonchev–Trinajstić information content (AvgIpc) is 3.19. The van der Waals surface area contributed by atoms with Crippen molar-refractivity contribution in [2.24, 2.45) is 11.7 Å². The number of aryl methyl sites for hydroxylation is 1. The minimum absolute atomic E-state index is 0.0649. The van der Waals surface area contributed by atoms with Gasteiger partial charge in [-0.05, 0) is 48.4 Å². The van der Waals surface area contributed by atoms with Crippen molar-refractivity contribution in [2.75, 3.05) is 0 Å². The lowest BCUT2D eigenvalue weighted by molar-refractivity contribution is 0.598. The molecule has 3 unspecified atom stereocenters. The van der Waals surface area contributed by atoms with Gasteiger partial charge in [0.05, 0.1) is 11.7 Å². The van der Waals surface area contributed by atoms with Crippen molar-refractivity contribution in [1.29, 1.82) is 0 Å². The van der Waals surface area contributed by atoms with E-state index in [9.17, 15) is 0 Å². The van der Waals surface area contributed by atoms with Gasteiger partial charge in [0, 0.05) is 6.20 Å². The Hall–Kier alpha value is -1.67. The fourth-order valence-electron chi connectivity index (χ4n) is 2.66. The van der Waals surface area contributed by atoms with Gasteiger partial charge in [-0.1, -0.05) is 30.3 Å². The summed E-state index contributed by atoms with van der Waals surface area (Å²) >= 11 is 0. The van der Waals surface area contributed by atoms with Gasteiger partial charge in [0.2, 0.25) is 0 Å². The molecule has 2 aromatic rings. The molecule has 2 nitrogen and oxygen atoms in total. The molecule has 0 radical (unpaired) electrons. The summed E-state index contributed by atoms with van der Waals surface area (Å²) in [6.07, 6.45) is 3.03. The van der Waals surface area contributed by atoms with Crippen LogP contribution in [0.5, 0.6) is 0 Å². The topological polar surface area (TPSA) is 38.9 Å². The molecule has 1 saturated carbocycles. The second-order valence-electron chi connectivity index (χ2n) is 5.20. The Balaban J connectivity index is 1.75. The summed E-state index contributed by atoms with van der Waals surface area (Å²) in [6.45, 7) is 2.08. The monoisotopic (exact) mass is 238 g/mol. The first kappa shape index (κ1) is 11.4. The predicted octanol–water partition coefficient (Wildman–Crippen LogP) is 3.19. The zero-order valence-corrected chi connectivity index (χ0v) is 10.6. The molecule has 0 bridgehead atoms. The minimum Gasteiger partial charge on any atom is -0.322 e. The highest BCUT2D eigenvalue weighted by Crippen LogP contribution is 2.52. The standard InChI is InChI=1S/C16H18N2/c1-11-7-8-18-15(9-11)16(17)14-10-13(14)12-5-3-2-4-6-12/h2-9,13-14,16H,10,17H2,1H3. The summed E-state index contributed by atoms with van der Waals surface area (Å²) in [7, 11) is 0. The Labute approximate surface area is 108 Å².